The number of hydrogen-bond donors (Lipinski definition) is 0. The molecule has 0 spiro atoms. The molecule has 0 heterocycles. The highest BCUT2D eigenvalue weighted by atomic mass is 79.9. The van der Waals surface area contributed by atoms with E-state index in [-0.39, 0.29) is 5.78 Å². The van der Waals surface area contributed by atoms with Gasteiger partial charge in [0.1, 0.15) is 0 Å². The summed E-state index contributed by atoms with van der Waals surface area (Å²) in [6.45, 7) is 0. The highest BCUT2D eigenvalue weighted by Gasteiger charge is 2.42. The van der Waals surface area contributed by atoms with Crippen molar-refractivity contribution in [1.29, 1.82) is 0 Å². The second-order valence-electron chi connectivity index (χ2n) is 4.20. The van der Waals surface area contributed by atoms with Gasteiger partial charge in [-0.3, -0.25) is 4.79 Å². The van der Waals surface area contributed by atoms with Gasteiger partial charge in [0.2, 0.25) is 5.78 Å². The molecule has 0 radical (unpaired) electrons. The number of carbonyl (C=O) groups is 1. The lowest BCUT2D eigenvalue weighted by Crippen LogP contribution is -2.40. The Bertz CT molecular complexity index is 592. The molecular formula is C16H15BrO3. The third-order valence-corrected chi connectivity index (χ3v) is 3.83. The summed E-state index contributed by atoms with van der Waals surface area (Å²) in [5.74, 6) is -1.70. The fraction of sp³-hybridized carbons (Fsp3) is 0.188. The Hall–Kier alpha value is -1.49. The number of rotatable bonds is 5. The third kappa shape index (κ3) is 2.54. The summed E-state index contributed by atoms with van der Waals surface area (Å²) < 4.78 is 11.7. The van der Waals surface area contributed by atoms with Gasteiger partial charge in [0.15, 0.2) is 0 Å². The highest BCUT2D eigenvalue weighted by Crippen LogP contribution is 2.35. The van der Waals surface area contributed by atoms with Crippen molar-refractivity contribution in [2.24, 2.45) is 0 Å². The van der Waals surface area contributed by atoms with Crippen LogP contribution >= 0.6 is 15.9 Å². The number of benzene rings is 2. The maximum atomic E-state index is 12.8. The lowest BCUT2D eigenvalue weighted by Gasteiger charge is -2.30. The fourth-order valence-electron chi connectivity index (χ4n) is 2.12. The molecule has 0 aliphatic heterocycles. The summed E-state index contributed by atoms with van der Waals surface area (Å²) in [4.78, 5) is 12.8. The molecule has 0 bridgehead atoms. The number of ether oxygens (including phenoxy) is 2. The summed E-state index contributed by atoms with van der Waals surface area (Å²) in [7, 11) is 2.92. The average molecular weight is 335 g/mol. The first-order valence-electron chi connectivity index (χ1n) is 6.11. The van der Waals surface area contributed by atoms with Crippen LogP contribution < -0.4 is 0 Å². The van der Waals surface area contributed by atoms with Crippen molar-refractivity contribution in [3.63, 3.8) is 0 Å². The number of hydrogen-bond acceptors (Lipinski definition) is 3. The summed E-state index contributed by atoms with van der Waals surface area (Å²) in [6.07, 6.45) is 0. The summed E-state index contributed by atoms with van der Waals surface area (Å²) >= 11 is 3.44. The molecule has 3 nitrogen and oxygen atoms in total. The number of halogens is 1. The Morgan fingerprint density at radius 1 is 0.950 bits per heavy atom. The summed E-state index contributed by atoms with van der Waals surface area (Å²) in [5, 5.41) is 0. The molecule has 0 N–H and O–H groups in total. The van der Waals surface area contributed by atoms with Crippen molar-refractivity contribution in [2.45, 2.75) is 5.79 Å². The zero-order valence-corrected chi connectivity index (χ0v) is 12.9. The van der Waals surface area contributed by atoms with Gasteiger partial charge in [0.05, 0.1) is 0 Å². The monoisotopic (exact) mass is 334 g/mol. The van der Waals surface area contributed by atoms with Gasteiger partial charge in [-0.1, -0.05) is 64.5 Å². The first-order chi connectivity index (χ1) is 9.65. The zero-order valence-electron chi connectivity index (χ0n) is 11.3. The van der Waals surface area contributed by atoms with Gasteiger partial charge in [-0.15, -0.1) is 0 Å². The maximum absolute atomic E-state index is 12.8. The third-order valence-electron chi connectivity index (χ3n) is 3.14. The van der Waals surface area contributed by atoms with E-state index in [4.69, 9.17) is 9.47 Å². The van der Waals surface area contributed by atoms with E-state index in [9.17, 15) is 4.79 Å². The number of methoxy groups -OCH3 is 2. The molecule has 2 rings (SSSR count). The van der Waals surface area contributed by atoms with Gasteiger partial charge in [-0.25, -0.2) is 0 Å². The van der Waals surface area contributed by atoms with Crippen LogP contribution in [0.4, 0.5) is 0 Å². The van der Waals surface area contributed by atoms with E-state index in [0.717, 1.165) is 4.47 Å². The largest absolute Gasteiger partial charge is 0.343 e. The number of ketones is 1. The smallest absolute Gasteiger partial charge is 0.261 e. The van der Waals surface area contributed by atoms with Gasteiger partial charge in [-0.2, -0.15) is 0 Å². The summed E-state index contributed by atoms with van der Waals surface area (Å²) in [6, 6.07) is 16.3. The quantitative estimate of drug-likeness (QED) is 0.616. The lowest BCUT2D eigenvalue weighted by atomic mass is 9.96. The fourth-order valence-corrected chi connectivity index (χ4v) is 2.66. The Morgan fingerprint density at radius 2 is 1.50 bits per heavy atom. The van der Waals surface area contributed by atoms with E-state index in [0.29, 0.717) is 11.1 Å². The van der Waals surface area contributed by atoms with Gasteiger partial charge >= 0.3 is 0 Å². The predicted molar refractivity (Wildman–Crippen MR) is 80.6 cm³/mol. The van der Waals surface area contributed by atoms with Crippen LogP contribution in [0.5, 0.6) is 0 Å². The lowest BCUT2D eigenvalue weighted by molar-refractivity contribution is -0.176. The molecule has 0 aromatic heterocycles. The van der Waals surface area contributed by atoms with E-state index in [2.05, 4.69) is 15.9 Å². The zero-order chi connectivity index (χ0) is 14.6. The van der Waals surface area contributed by atoms with Gasteiger partial charge in [-0.05, 0) is 6.07 Å². The van der Waals surface area contributed by atoms with Crippen LogP contribution in [0.15, 0.2) is 59.1 Å². The van der Waals surface area contributed by atoms with Crippen molar-refractivity contribution in [1.82, 2.24) is 0 Å². The van der Waals surface area contributed by atoms with Gasteiger partial charge in [0.25, 0.3) is 5.79 Å². The number of Topliss-reactive ketones (excluding diaryl/α,β-unsaturated/α-hetero) is 1. The molecule has 104 valence electrons. The maximum Gasteiger partial charge on any atom is 0.261 e. The van der Waals surface area contributed by atoms with Crippen molar-refractivity contribution >= 4 is 21.7 Å². The van der Waals surface area contributed by atoms with Crippen LogP contribution in [-0.4, -0.2) is 20.0 Å². The molecule has 0 aliphatic rings. The topological polar surface area (TPSA) is 35.5 Å². The van der Waals surface area contributed by atoms with Crippen LogP contribution in [0.1, 0.15) is 15.9 Å². The molecule has 0 unspecified atom stereocenters. The van der Waals surface area contributed by atoms with Crippen LogP contribution in [0.3, 0.4) is 0 Å². The molecule has 0 aliphatic carbocycles. The Balaban J connectivity index is 2.56. The molecule has 0 saturated carbocycles. The average Bonchev–Trinajstić information content (AvgIpc) is 2.51. The van der Waals surface area contributed by atoms with E-state index >= 15 is 0 Å². The van der Waals surface area contributed by atoms with Gasteiger partial charge in [0, 0.05) is 29.8 Å². The van der Waals surface area contributed by atoms with Crippen LogP contribution in [-0.2, 0) is 15.3 Å². The first-order valence-corrected chi connectivity index (χ1v) is 6.90. The van der Waals surface area contributed by atoms with Crippen LogP contribution in [0.2, 0.25) is 0 Å². The van der Waals surface area contributed by atoms with E-state index in [1.54, 1.807) is 18.2 Å². The minimum Gasteiger partial charge on any atom is -0.343 e. The van der Waals surface area contributed by atoms with E-state index in [1.807, 2.05) is 36.4 Å². The van der Waals surface area contributed by atoms with Gasteiger partial charge < -0.3 is 9.47 Å². The molecule has 4 heteroatoms. The van der Waals surface area contributed by atoms with Crippen LogP contribution in [0.25, 0.3) is 0 Å². The molecule has 0 fully saturated rings. The second kappa shape index (κ2) is 6.31. The van der Waals surface area contributed by atoms with Crippen LogP contribution in [0, 0.1) is 0 Å². The Morgan fingerprint density at radius 3 is 2.05 bits per heavy atom. The number of carbonyl (C=O) groups excluding carboxylic acids is 1. The minimum atomic E-state index is -1.46. The summed E-state index contributed by atoms with van der Waals surface area (Å²) in [5.41, 5.74) is 1.17. The highest BCUT2D eigenvalue weighted by molar-refractivity contribution is 9.10. The predicted octanol–water partition coefficient (Wildman–Crippen LogP) is 3.78. The second-order valence-corrected chi connectivity index (χ2v) is 5.05. The van der Waals surface area contributed by atoms with E-state index < -0.39 is 5.79 Å². The standard InChI is InChI=1S/C16H15BrO3/c1-19-16(20-2,13-10-6-7-11-14(13)17)15(18)12-8-4-3-5-9-12/h3-11H,1-2H3. The van der Waals surface area contributed by atoms with Crippen molar-refractivity contribution in [3.8, 4) is 0 Å². The van der Waals surface area contributed by atoms with Crippen molar-refractivity contribution in [3.05, 3.63) is 70.2 Å². The molecule has 0 atom stereocenters. The van der Waals surface area contributed by atoms with Crippen molar-refractivity contribution in [2.75, 3.05) is 14.2 Å². The molecular weight excluding hydrogens is 320 g/mol. The Labute approximate surface area is 126 Å². The molecule has 0 saturated heterocycles. The Kier molecular flexibility index (Phi) is 4.70. The molecule has 2 aromatic carbocycles. The SMILES string of the molecule is COC(OC)(C(=O)c1ccccc1)c1ccccc1Br. The molecule has 0 amide bonds. The normalized spacial score (nSPS) is 11.3. The van der Waals surface area contributed by atoms with Crippen molar-refractivity contribution < 1.29 is 14.3 Å². The molecule has 20 heavy (non-hydrogen) atoms. The van der Waals surface area contributed by atoms with E-state index in [1.165, 1.54) is 14.2 Å². The molecule has 2 aromatic rings. The first kappa shape index (κ1) is 14.9. The minimum absolute atomic E-state index is 0.241.